The van der Waals surface area contributed by atoms with E-state index in [2.05, 4.69) is 49.9 Å². The number of aryl methyl sites for hydroxylation is 1. The highest BCUT2D eigenvalue weighted by molar-refractivity contribution is 5.71. The number of hydrogen-bond donors (Lipinski definition) is 0. The molecular weight excluding hydrogens is 308 g/mol. The van der Waals surface area contributed by atoms with Crippen LogP contribution in [0.2, 0.25) is 0 Å². The predicted molar refractivity (Wildman–Crippen MR) is 106 cm³/mol. The van der Waals surface area contributed by atoms with Crippen molar-refractivity contribution in [2.45, 2.75) is 52.6 Å². The van der Waals surface area contributed by atoms with E-state index in [1.54, 1.807) is 0 Å². The van der Waals surface area contributed by atoms with E-state index >= 15 is 0 Å². The maximum Gasteiger partial charge on any atom is 0.306 e. The van der Waals surface area contributed by atoms with Crippen LogP contribution in [0.3, 0.4) is 0 Å². The largest absolute Gasteiger partial charge is 0.458 e. The molecule has 1 aromatic carbocycles. The molecule has 0 heterocycles. The molecule has 25 heavy (non-hydrogen) atoms. The summed E-state index contributed by atoms with van der Waals surface area (Å²) in [5, 5.41) is 0. The molecule has 2 heteroatoms. The Morgan fingerprint density at radius 2 is 2.16 bits per heavy atom. The summed E-state index contributed by atoms with van der Waals surface area (Å²) < 4.78 is 5.49. The Bertz CT molecular complexity index is 720. The minimum Gasteiger partial charge on any atom is -0.458 e. The predicted octanol–water partition coefficient (Wildman–Crippen LogP) is 5.68. The van der Waals surface area contributed by atoms with Gasteiger partial charge in [-0.1, -0.05) is 56.4 Å². The zero-order valence-corrected chi connectivity index (χ0v) is 15.5. The average Bonchev–Trinajstić information content (AvgIpc) is 2.61. The number of hydrogen-bond acceptors (Lipinski definition) is 2. The lowest BCUT2D eigenvalue weighted by Crippen LogP contribution is -2.20. The topological polar surface area (TPSA) is 26.3 Å². The second-order valence-electron chi connectivity index (χ2n) is 6.26. The number of allylic oxidation sites excluding steroid dienone is 4. The lowest BCUT2D eigenvalue weighted by molar-refractivity contribution is -0.146. The van der Waals surface area contributed by atoms with E-state index in [9.17, 15) is 4.79 Å². The van der Waals surface area contributed by atoms with Crippen LogP contribution in [-0.4, -0.2) is 12.1 Å². The molecule has 0 amide bonds. The van der Waals surface area contributed by atoms with Gasteiger partial charge in [-0.05, 0) is 53.7 Å². The van der Waals surface area contributed by atoms with Crippen molar-refractivity contribution in [2.24, 2.45) is 0 Å². The highest BCUT2D eigenvalue weighted by Crippen LogP contribution is 2.27. The molecule has 0 saturated carbocycles. The van der Waals surface area contributed by atoms with E-state index in [1.165, 1.54) is 27.8 Å². The first-order valence-electron chi connectivity index (χ1n) is 9.08. The number of esters is 1. The zero-order valence-electron chi connectivity index (χ0n) is 15.5. The number of benzene rings is 1. The van der Waals surface area contributed by atoms with Gasteiger partial charge in [0.25, 0.3) is 0 Å². The fraction of sp³-hybridized carbons (Fsp3) is 0.348. The second kappa shape index (κ2) is 9.22. The van der Waals surface area contributed by atoms with E-state index in [4.69, 9.17) is 4.74 Å². The van der Waals surface area contributed by atoms with Gasteiger partial charge in [-0.25, -0.2) is 0 Å². The monoisotopic (exact) mass is 336 g/mol. The van der Waals surface area contributed by atoms with Crippen LogP contribution in [-0.2, 0) is 22.4 Å². The van der Waals surface area contributed by atoms with Crippen LogP contribution in [0.25, 0.3) is 12.2 Å². The molecule has 0 radical (unpaired) electrons. The molecule has 1 atom stereocenters. The summed E-state index contributed by atoms with van der Waals surface area (Å²) in [5.74, 6) is -0.148. The van der Waals surface area contributed by atoms with Gasteiger partial charge in [-0.3, -0.25) is 4.79 Å². The molecule has 1 unspecified atom stereocenters. The molecule has 1 aliphatic rings. The molecule has 2 nitrogen and oxygen atoms in total. The Kier molecular flexibility index (Phi) is 7.00. The number of carbonyl (C=O) groups is 1. The van der Waals surface area contributed by atoms with E-state index in [1.807, 2.05) is 26.0 Å². The Hall–Kier alpha value is -2.35. The third-order valence-electron chi connectivity index (χ3n) is 4.37. The fourth-order valence-corrected chi connectivity index (χ4v) is 3.08. The summed E-state index contributed by atoms with van der Waals surface area (Å²) >= 11 is 0. The van der Waals surface area contributed by atoms with Crippen LogP contribution < -0.4 is 0 Å². The Labute approximate surface area is 151 Å². The highest BCUT2D eigenvalue weighted by atomic mass is 16.5. The maximum atomic E-state index is 11.6. The van der Waals surface area contributed by atoms with E-state index < -0.39 is 0 Å². The minimum atomic E-state index is -0.160. The maximum absolute atomic E-state index is 11.6. The van der Waals surface area contributed by atoms with Crippen LogP contribution in [0.15, 0.2) is 48.6 Å². The standard InChI is InChI=1S/C23H28O2/c1-5-9-17(10-6-2)13-20-15-21-16-22(25-23(24)8-4)12-11-19(21)14-18(20)7-3/h5-6,10-15,22H,1,7-9,16H2,2-4H3/b10-6-,17-13+. The molecule has 1 aromatic rings. The smallest absolute Gasteiger partial charge is 0.306 e. The summed E-state index contributed by atoms with van der Waals surface area (Å²) in [5.41, 5.74) is 6.28. The molecule has 0 aromatic heterocycles. The lowest BCUT2D eigenvalue weighted by atomic mass is 9.89. The molecule has 0 aliphatic heterocycles. The fourth-order valence-electron chi connectivity index (χ4n) is 3.08. The third kappa shape index (κ3) is 5.06. The molecule has 1 aliphatic carbocycles. The van der Waals surface area contributed by atoms with Crippen LogP contribution in [0, 0.1) is 0 Å². The van der Waals surface area contributed by atoms with Crippen molar-refractivity contribution in [1.29, 1.82) is 0 Å². The number of carbonyl (C=O) groups excluding carboxylic acids is 1. The van der Waals surface area contributed by atoms with Crippen LogP contribution in [0.4, 0.5) is 0 Å². The third-order valence-corrected chi connectivity index (χ3v) is 4.37. The van der Waals surface area contributed by atoms with Crippen molar-refractivity contribution in [3.63, 3.8) is 0 Å². The first kappa shape index (κ1) is 19.0. The Morgan fingerprint density at radius 1 is 1.36 bits per heavy atom. The first-order valence-corrected chi connectivity index (χ1v) is 9.08. The van der Waals surface area contributed by atoms with E-state index in [0.29, 0.717) is 6.42 Å². The van der Waals surface area contributed by atoms with Gasteiger partial charge in [-0.2, -0.15) is 0 Å². The van der Waals surface area contributed by atoms with Gasteiger partial charge in [-0.15, -0.1) is 6.58 Å². The quantitative estimate of drug-likeness (QED) is 0.364. The van der Waals surface area contributed by atoms with Crippen molar-refractivity contribution in [1.82, 2.24) is 0 Å². The van der Waals surface area contributed by atoms with Crippen LogP contribution >= 0.6 is 0 Å². The summed E-state index contributed by atoms with van der Waals surface area (Å²) in [6.07, 6.45) is 15.3. The summed E-state index contributed by atoms with van der Waals surface area (Å²) in [7, 11) is 0. The van der Waals surface area contributed by atoms with E-state index in [-0.39, 0.29) is 12.1 Å². The van der Waals surface area contributed by atoms with Crippen LogP contribution in [0.5, 0.6) is 0 Å². The molecule has 0 spiro atoms. The molecule has 0 N–H and O–H groups in total. The molecule has 0 fully saturated rings. The van der Waals surface area contributed by atoms with Gasteiger partial charge in [0.05, 0.1) is 0 Å². The SMILES string of the molecule is C=CCC(/C=C\C)=C\c1cc2c(cc1CC)C=CC(OC(=O)CC)C2. The van der Waals surface area contributed by atoms with Crippen molar-refractivity contribution < 1.29 is 9.53 Å². The average molecular weight is 336 g/mol. The molecule has 0 saturated heterocycles. The highest BCUT2D eigenvalue weighted by Gasteiger charge is 2.18. The summed E-state index contributed by atoms with van der Waals surface area (Å²) in [4.78, 5) is 11.6. The number of ether oxygens (including phenoxy) is 1. The Balaban J connectivity index is 2.36. The summed E-state index contributed by atoms with van der Waals surface area (Å²) in [6.45, 7) is 9.88. The van der Waals surface area contributed by atoms with Gasteiger partial charge in [0.2, 0.25) is 0 Å². The number of rotatable bonds is 7. The van der Waals surface area contributed by atoms with E-state index in [0.717, 1.165) is 19.3 Å². The van der Waals surface area contributed by atoms with Crippen molar-refractivity contribution in [2.75, 3.05) is 0 Å². The van der Waals surface area contributed by atoms with Crippen molar-refractivity contribution in [3.8, 4) is 0 Å². The first-order chi connectivity index (χ1) is 12.1. The van der Waals surface area contributed by atoms with Crippen molar-refractivity contribution >= 4 is 18.1 Å². The van der Waals surface area contributed by atoms with Gasteiger partial charge in [0, 0.05) is 12.8 Å². The molecule has 2 rings (SSSR count). The lowest BCUT2D eigenvalue weighted by Gasteiger charge is -2.21. The van der Waals surface area contributed by atoms with Gasteiger partial charge < -0.3 is 4.74 Å². The van der Waals surface area contributed by atoms with Crippen LogP contribution in [0.1, 0.15) is 55.9 Å². The number of fused-ring (bicyclic) bond motifs is 1. The Morgan fingerprint density at radius 3 is 2.80 bits per heavy atom. The molecule has 0 bridgehead atoms. The summed E-state index contributed by atoms with van der Waals surface area (Å²) in [6, 6.07) is 4.51. The van der Waals surface area contributed by atoms with Crippen molar-refractivity contribution in [3.05, 3.63) is 70.8 Å². The minimum absolute atomic E-state index is 0.148. The van der Waals surface area contributed by atoms with Gasteiger partial charge >= 0.3 is 5.97 Å². The zero-order chi connectivity index (χ0) is 18.2. The molecular formula is C23H28O2. The van der Waals surface area contributed by atoms with Gasteiger partial charge in [0.15, 0.2) is 0 Å². The van der Waals surface area contributed by atoms with Gasteiger partial charge in [0.1, 0.15) is 6.10 Å². The normalized spacial score (nSPS) is 16.8. The molecule has 132 valence electrons. The second-order valence-corrected chi connectivity index (χ2v) is 6.26.